The first kappa shape index (κ1) is 14.5. The molecule has 106 valence electrons. The summed E-state index contributed by atoms with van der Waals surface area (Å²) in [5, 5.41) is 0. The zero-order valence-corrected chi connectivity index (χ0v) is 12.4. The van der Waals surface area contributed by atoms with Gasteiger partial charge in [-0.05, 0) is 37.2 Å². The minimum Gasteiger partial charge on any atom is -0.271 e. The fourth-order valence-corrected chi connectivity index (χ4v) is 3.50. The average Bonchev–Trinajstić information content (AvgIpc) is 2.44. The molecule has 0 saturated heterocycles. The number of hydrogen-bond donors (Lipinski definition) is 2. The third-order valence-electron chi connectivity index (χ3n) is 4.68. The second kappa shape index (κ2) is 7.06. The van der Waals surface area contributed by atoms with Crippen LogP contribution in [0, 0.1) is 18.8 Å². The van der Waals surface area contributed by atoms with Gasteiger partial charge in [0.05, 0.1) is 0 Å². The van der Waals surface area contributed by atoms with Crippen molar-refractivity contribution in [1.82, 2.24) is 5.43 Å². The van der Waals surface area contributed by atoms with Gasteiger partial charge in [0.1, 0.15) is 0 Å². The van der Waals surface area contributed by atoms with Crippen molar-refractivity contribution in [3.05, 3.63) is 35.4 Å². The molecule has 2 heteroatoms. The van der Waals surface area contributed by atoms with Crippen LogP contribution in [-0.4, -0.2) is 0 Å². The van der Waals surface area contributed by atoms with E-state index in [9.17, 15) is 0 Å². The highest BCUT2D eigenvalue weighted by Crippen LogP contribution is 2.38. The normalized spacial score (nSPS) is 25.2. The first-order valence-corrected chi connectivity index (χ1v) is 7.77. The third kappa shape index (κ3) is 3.80. The SMILES string of the molecule is CCCC1CCC(C(NN)c2ccc(C)cc2)CC1. The van der Waals surface area contributed by atoms with E-state index in [-0.39, 0.29) is 0 Å². The maximum Gasteiger partial charge on any atom is 0.0488 e. The summed E-state index contributed by atoms with van der Waals surface area (Å²) in [6, 6.07) is 9.13. The van der Waals surface area contributed by atoms with Crippen LogP contribution >= 0.6 is 0 Å². The summed E-state index contributed by atoms with van der Waals surface area (Å²) in [6.45, 7) is 4.42. The lowest BCUT2D eigenvalue weighted by molar-refractivity contribution is 0.215. The highest BCUT2D eigenvalue weighted by molar-refractivity contribution is 5.24. The van der Waals surface area contributed by atoms with E-state index in [4.69, 9.17) is 5.84 Å². The largest absolute Gasteiger partial charge is 0.271 e. The Kier molecular flexibility index (Phi) is 5.41. The molecule has 0 amide bonds. The van der Waals surface area contributed by atoms with E-state index in [1.165, 1.54) is 49.7 Å². The molecule has 0 spiro atoms. The number of hydrogen-bond acceptors (Lipinski definition) is 2. The van der Waals surface area contributed by atoms with E-state index >= 15 is 0 Å². The number of aryl methyl sites for hydroxylation is 1. The lowest BCUT2D eigenvalue weighted by Crippen LogP contribution is -2.35. The predicted octanol–water partition coefficient (Wildman–Crippen LogP) is 4.11. The molecule has 1 aliphatic carbocycles. The van der Waals surface area contributed by atoms with Crippen molar-refractivity contribution >= 4 is 0 Å². The Labute approximate surface area is 117 Å². The third-order valence-corrected chi connectivity index (χ3v) is 4.68. The summed E-state index contributed by atoms with van der Waals surface area (Å²) in [7, 11) is 0. The molecular weight excluding hydrogens is 232 g/mol. The first-order chi connectivity index (χ1) is 9.24. The van der Waals surface area contributed by atoms with Crippen LogP contribution in [0.3, 0.4) is 0 Å². The van der Waals surface area contributed by atoms with Gasteiger partial charge in [-0.2, -0.15) is 0 Å². The molecule has 3 N–H and O–H groups in total. The van der Waals surface area contributed by atoms with Crippen molar-refractivity contribution in [2.75, 3.05) is 0 Å². The van der Waals surface area contributed by atoms with Crippen LogP contribution < -0.4 is 11.3 Å². The Bertz CT molecular complexity index is 363. The Hall–Kier alpha value is -0.860. The van der Waals surface area contributed by atoms with Crippen LogP contribution in [0.15, 0.2) is 24.3 Å². The predicted molar refractivity (Wildman–Crippen MR) is 81.6 cm³/mol. The minimum atomic E-state index is 0.322. The van der Waals surface area contributed by atoms with Crippen molar-refractivity contribution in [2.24, 2.45) is 17.7 Å². The Morgan fingerprint density at radius 3 is 2.32 bits per heavy atom. The molecule has 2 nitrogen and oxygen atoms in total. The van der Waals surface area contributed by atoms with Gasteiger partial charge in [0, 0.05) is 6.04 Å². The topological polar surface area (TPSA) is 38.0 Å². The highest BCUT2D eigenvalue weighted by atomic mass is 15.2. The highest BCUT2D eigenvalue weighted by Gasteiger charge is 2.27. The Balaban J connectivity index is 1.97. The zero-order valence-electron chi connectivity index (χ0n) is 12.4. The monoisotopic (exact) mass is 260 g/mol. The fraction of sp³-hybridized carbons (Fsp3) is 0.647. The zero-order chi connectivity index (χ0) is 13.7. The molecule has 1 unspecified atom stereocenters. The number of nitrogens with two attached hydrogens (primary N) is 1. The lowest BCUT2D eigenvalue weighted by Gasteiger charge is -2.33. The van der Waals surface area contributed by atoms with Crippen molar-refractivity contribution in [2.45, 2.75) is 58.4 Å². The smallest absolute Gasteiger partial charge is 0.0488 e. The van der Waals surface area contributed by atoms with Crippen LogP contribution in [0.5, 0.6) is 0 Å². The van der Waals surface area contributed by atoms with E-state index in [1.807, 2.05) is 0 Å². The molecule has 0 heterocycles. The summed E-state index contributed by atoms with van der Waals surface area (Å²) in [4.78, 5) is 0. The average molecular weight is 260 g/mol. The van der Waals surface area contributed by atoms with Crippen molar-refractivity contribution < 1.29 is 0 Å². The van der Waals surface area contributed by atoms with E-state index in [1.54, 1.807) is 0 Å². The first-order valence-electron chi connectivity index (χ1n) is 7.77. The molecule has 2 rings (SSSR count). The summed E-state index contributed by atoms with van der Waals surface area (Å²) in [5.41, 5.74) is 5.71. The van der Waals surface area contributed by atoms with Gasteiger partial charge < -0.3 is 0 Å². The van der Waals surface area contributed by atoms with E-state index in [0.717, 1.165) is 5.92 Å². The summed E-state index contributed by atoms with van der Waals surface area (Å²) >= 11 is 0. The van der Waals surface area contributed by atoms with Crippen molar-refractivity contribution in [1.29, 1.82) is 0 Å². The van der Waals surface area contributed by atoms with E-state index in [0.29, 0.717) is 12.0 Å². The number of rotatable bonds is 5. The number of nitrogens with one attached hydrogen (secondary N) is 1. The fourth-order valence-electron chi connectivity index (χ4n) is 3.50. The maximum atomic E-state index is 5.82. The van der Waals surface area contributed by atoms with Crippen LogP contribution in [0.1, 0.15) is 62.6 Å². The maximum absolute atomic E-state index is 5.82. The van der Waals surface area contributed by atoms with Crippen LogP contribution in [0.25, 0.3) is 0 Å². The summed E-state index contributed by atoms with van der Waals surface area (Å²) in [5.74, 6) is 7.47. The molecule has 1 aromatic rings. The molecule has 0 aromatic heterocycles. The minimum absolute atomic E-state index is 0.322. The quantitative estimate of drug-likeness (QED) is 0.617. The molecule has 1 aromatic carbocycles. The molecule has 19 heavy (non-hydrogen) atoms. The Morgan fingerprint density at radius 2 is 1.79 bits per heavy atom. The van der Waals surface area contributed by atoms with Gasteiger partial charge in [0.15, 0.2) is 0 Å². The Morgan fingerprint density at radius 1 is 1.16 bits per heavy atom. The van der Waals surface area contributed by atoms with Crippen LogP contribution in [0.2, 0.25) is 0 Å². The second-order valence-corrected chi connectivity index (χ2v) is 6.12. The van der Waals surface area contributed by atoms with Crippen molar-refractivity contribution in [3.63, 3.8) is 0 Å². The van der Waals surface area contributed by atoms with Gasteiger partial charge in [0.25, 0.3) is 0 Å². The second-order valence-electron chi connectivity index (χ2n) is 6.12. The van der Waals surface area contributed by atoms with Gasteiger partial charge in [0.2, 0.25) is 0 Å². The summed E-state index contributed by atoms with van der Waals surface area (Å²) in [6.07, 6.45) is 8.11. The van der Waals surface area contributed by atoms with Gasteiger partial charge in [-0.3, -0.25) is 11.3 Å². The van der Waals surface area contributed by atoms with E-state index in [2.05, 4.69) is 43.5 Å². The number of benzene rings is 1. The molecule has 0 bridgehead atoms. The van der Waals surface area contributed by atoms with Gasteiger partial charge in [-0.1, -0.05) is 62.4 Å². The molecule has 0 aliphatic heterocycles. The molecule has 1 saturated carbocycles. The van der Waals surface area contributed by atoms with Crippen LogP contribution in [-0.2, 0) is 0 Å². The standard InChI is InChI=1S/C17H28N2/c1-3-4-14-7-11-16(12-8-14)17(19-18)15-9-5-13(2)6-10-15/h5-6,9-10,14,16-17,19H,3-4,7-8,11-12,18H2,1-2H3. The van der Waals surface area contributed by atoms with Gasteiger partial charge in [-0.15, -0.1) is 0 Å². The van der Waals surface area contributed by atoms with Gasteiger partial charge >= 0.3 is 0 Å². The molecule has 1 aliphatic rings. The van der Waals surface area contributed by atoms with E-state index < -0.39 is 0 Å². The number of hydrazine groups is 1. The molecule has 1 fully saturated rings. The lowest BCUT2D eigenvalue weighted by atomic mass is 9.75. The molecule has 0 radical (unpaired) electrons. The van der Waals surface area contributed by atoms with Crippen LogP contribution in [0.4, 0.5) is 0 Å². The molecule has 1 atom stereocenters. The van der Waals surface area contributed by atoms with Gasteiger partial charge in [-0.25, -0.2) is 0 Å². The summed E-state index contributed by atoms with van der Waals surface area (Å²) < 4.78 is 0. The molecular formula is C17H28N2. The van der Waals surface area contributed by atoms with Crippen molar-refractivity contribution in [3.8, 4) is 0 Å².